The third-order valence-electron chi connectivity index (χ3n) is 5.47. The lowest BCUT2D eigenvalue weighted by atomic mass is 9.95. The number of nitrogens with zero attached hydrogens (tertiary/aromatic N) is 2. The quantitative estimate of drug-likeness (QED) is 0.807. The third-order valence-corrected chi connectivity index (χ3v) is 5.47. The van der Waals surface area contributed by atoms with Gasteiger partial charge in [-0.2, -0.15) is 0 Å². The van der Waals surface area contributed by atoms with Crippen LogP contribution in [0.1, 0.15) is 37.3 Å². The van der Waals surface area contributed by atoms with E-state index in [-0.39, 0.29) is 11.8 Å². The van der Waals surface area contributed by atoms with Crippen LogP contribution >= 0.6 is 0 Å². The Bertz CT molecular complexity index is 706. The van der Waals surface area contributed by atoms with Crippen LogP contribution in [-0.2, 0) is 11.3 Å². The van der Waals surface area contributed by atoms with Crippen LogP contribution in [0.4, 0.5) is 5.69 Å². The molecule has 4 heteroatoms. The molecule has 0 bridgehead atoms. The number of carbonyl (C=O) groups is 1. The summed E-state index contributed by atoms with van der Waals surface area (Å²) in [5, 5.41) is 3.08. The average molecular weight is 366 g/mol. The number of rotatable bonds is 7. The van der Waals surface area contributed by atoms with E-state index in [0.717, 1.165) is 56.9 Å². The number of carbonyl (C=O) groups excluding carboxylic acids is 1. The van der Waals surface area contributed by atoms with Gasteiger partial charge in [0.05, 0.1) is 5.92 Å². The topological polar surface area (TPSA) is 35.6 Å². The summed E-state index contributed by atoms with van der Waals surface area (Å²) >= 11 is 0. The van der Waals surface area contributed by atoms with Crippen molar-refractivity contribution in [3.8, 4) is 0 Å². The van der Waals surface area contributed by atoms with Gasteiger partial charge >= 0.3 is 0 Å². The van der Waals surface area contributed by atoms with Gasteiger partial charge in [-0.3, -0.25) is 9.69 Å². The summed E-state index contributed by atoms with van der Waals surface area (Å²) in [7, 11) is 0. The lowest BCUT2D eigenvalue weighted by Gasteiger charge is -2.34. The highest BCUT2D eigenvalue weighted by Gasteiger charge is 2.19. The van der Waals surface area contributed by atoms with E-state index in [1.165, 1.54) is 5.56 Å². The first kappa shape index (κ1) is 19.6. The molecule has 1 unspecified atom stereocenters. The Morgan fingerprint density at radius 3 is 2.15 bits per heavy atom. The number of anilines is 1. The van der Waals surface area contributed by atoms with E-state index in [9.17, 15) is 4.79 Å². The van der Waals surface area contributed by atoms with Crippen molar-refractivity contribution in [1.29, 1.82) is 0 Å². The lowest BCUT2D eigenvalue weighted by Crippen LogP contribution is -2.45. The van der Waals surface area contributed by atoms with E-state index in [0.29, 0.717) is 0 Å². The van der Waals surface area contributed by atoms with Crippen LogP contribution in [0.3, 0.4) is 0 Å². The van der Waals surface area contributed by atoms with E-state index in [1.54, 1.807) is 0 Å². The summed E-state index contributed by atoms with van der Waals surface area (Å²) < 4.78 is 0. The predicted octanol–water partition coefficient (Wildman–Crippen LogP) is 3.96. The molecule has 4 nitrogen and oxygen atoms in total. The largest absolute Gasteiger partial charge is 0.326 e. The fourth-order valence-corrected chi connectivity index (χ4v) is 3.70. The highest BCUT2D eigenvalue weighted by molar-refractivity contribution is 5.95. The summed E-state index contributed by atoms with van der Waals surface area (Å²) in [4.78, 5) is 17.7. The first-order valence-corrected chi connectivity index (χ1v) is 10.1. The Hall–Kier alpha value is -2.17. The first-order chi connectivity index (χ1) is 13.2. The maximum Gasteiger partial charge on any atom is 0.231 e. The second kappa shape index (κ2) is 9.67. The minimum absolute atomic E-state index is 0.0622. The average Bonchev–Trinajstić information content (AvgIpc) is 2.71. The molecule has 27 heavy (non-hydrogen) atoms. The minimum atomic E-state index is -0.110. The van der Waals surface area contributed by atoms with E-state index >= 15 is 0 Å². The third kappa shape index (κ3) is 5.41. The molecule has 2 aromatic carbocycles. The van der Waals surface area contributed by atoms with Gasteiger partial charge in [-0.05, 0) is 36.2 Å². The van der Waals surface area contributed by atoms with Gasteiger partial charge in [-0.15, -0.1) is 0 Å². The van der Waals surface area contributed by atoms with Crippen LogP contribution in [0, 0.1) is 0 Å². The fourth-order valence-electron chi connectivity index (χ4n) is 3.70. The molecular weight excluding hydrogens is 334 g/mol. The van der Waals surface area contributed by atoms with Gasteiger partial charge in [0.25, 0.3) is 0 Å². The van der Waals surface area contributed by atoms with Gasteiger partial charge < -0.3 is 10.2 Å². The van der Waals surface area contributed by atoms with Gasteiger partial charge in [-0.1, -0.05) is 56.3 Å². The van der Waals surface area contributed by atoms with Gasteiger partial charge in [-0.25, -0.2) is 0 Å². The molecule has 1 aliphatic heterocycles. The summed E-state index contributed by atoms with van der Waals surface area (Å²) in [6.07, 6.45) is 0.789. The number of benzene rings is 2. The zero-order valence-corrected chi connectivity index (χ0v) is 16.5. The molecule has 3 rings (SSSR count). The minimum Gasteiger partial charge on any atom is -0.326 e. The van der Waals surface area contributed by atoms with Gasteiger partial charge in [0.2, 0.25) is 5.91 Å². The SMILES string of the molecule is CCC(C(=O)Nc1ccc(CN2CCN(CC)CC2)cc1)c1ccccc1. The number of hydrogen-bond acceptors (Lipinski definition) is 3. The molecule has 1 aliphatic rings. The molecule has 1 fully saturated rings. The van der Waals surface area contributed by atoms with Crippen LogP contribution < -0.4 is 5.32 Å². The number of piperazine rings is 1. The molecule has 0 spiro atoms. The summed E-state index contributed by atoms with van der Waals surface area (Å²) in [5.74, 6) is -0.0483. The molecule has 1 amide bonds. The zero-order chi connectivity index (χ0) is 19.1. The van der Waals surface area contributed by atoms with Gasteiger partial charge in [0.15, 0.2) is 0 Å². The smallest absolute Gasteiger partial charge is 0.231 e. The first-order valence-electron chi connectivity index (χ1n) is 10.1. The van der Waals surface area contributed by atoms with E-state index in [4.69, 9.17) is 0 Å². The Labute approximate surface area is 163 Å². The predicted molar refractivity (Wildman–Crippen MR) is 112 cm³/mol. The van der Waals surface area contributed by atoms with E-state index in [1.807, 2.05) is 42.5 Å². The Kier molecular flexibility index (Phi) is 7.02. The molecule has 1 saturated heterocycles. The molecule has 0 saturated carbocycles. The number of hydrogen-bond donors (Lipinski definition) is 1. The van der Waals surface area contributed by atoms with Crippen molar-refractivity contribution in [3.63, 3.8) is 0 Å². The molecule has 2 aromatic rings. The van der Waals surface area contributed by atoms with E-state index < -0.39 is 0 Å². The van der Waals surface area contributed by atoms with Crippen LogP contribution in [0.2, 0.25) is 0 Å². The van der Waals surface area contributed by atoms with Crippen LogP contribution in [0.25, 0.3) is 0 Å². The number of likely N-dealkylation sites (N-methyl/N-ethyl adjacent to an activating group) is 1. The number of amides is 1. The zero-order valence-electron chi connectivity index (χ0n) is 16.5. The Morgan fingerprint density at radius 2 is 1.56 bits per heavy atom. The monoisotopic (exact) mass is 365 g/mol. The Morgan fingerprint density at radius 1 is 0.926 bits per heavy atom. The van der Waals surface area contributed by atoms with Gasteiger partial charge in [0, 0.05) is 38.4 Å². The highest BCUT2D eigenvalue weighted by Crippen LogP contribution is 2.22. The normalized spacial score (nSPS) is 16.8. The maximum absolute atomic E-state index is 12.7. The van der Waals surface area contributed by atoms with Crippen molar-refractivity contribution in [2.45, 2.75) is 32.7 Å². The van der Waals surface area contributed by atoms with Crippen molar-refractivity contribution >= 4 is 11.6 Å². The van der Waals surface area contributed by atoms with E-state index in [2.05, 4.69) is 41.1 Å². The van der Waals surface area contributed by atoms with Crippen molar-refractivity contribution in [2.24, 2.45) is 0 Å². The standard InChI is InChI=1S/C23H31N3O/c1-3-22(20-8-6-5-7-9-20)23(27)24-21-12-10-19(11-13-21)18-26-16-14-25(4-2)15-17-26/h5-13,22H,3-4,14-18H2,1-2H3,(H,24,27). The molecule has 0 aromatic heterocycles. The van der Waals surface area contributed by atoms with Crippen molar-refractivity contribution in [2.75, 3.05) is 38.0 Å². The van der Waals surface area contributed by atoms with Gasteiger partial charge in [0.1, 0.15) is 0 Å². The molecule has 1 atom stereocenters. The molecule has 0 aliphatic carbocycles. The highest BCUT2D eigenvalue weighted by atomic mass is 16.1. The molecular formula is C23H31N3O. The number of nitrogens with one attached hydrogen (secondary N) is 1. The molecule has 144 valence electrons. The maximum atomic E-state index is 12.7. The Balaban J connectivity index is 1.55. The molecule has 1 N–H and O–H groups in total. The molecule has 0 radical (unpaired) electrons. The van der Waals surface area contributed by atoms with Crippen LogP contribution in [0.15, 0.2) is 54.6 Å². The summed E-state index contributed by atoms with van der Waals surface area (Å²) in [6.45, 7) is 11.0. The second-order valence-electron chi connectivity index (χ2n) is 7.27. The molecule has 1 heterocycles. The van der Waals surface area contributed by atoms with Crippen LogP contribution in [-0.4, -0.2) is 48.4 Å². The second-order valence-corrected chi connectivity index (χ2v) is 7.27. The van der Waals surface area contributed by atoms with Crippen molar-refractivity contribution in [1.82, 2.24) is 9.80 Å². The lowest BCUT2D eigenvalue weighted by molar-refractivity contribution is -0.117. The fraction of sp³-hybridized carbons (Fsp3) is 0.435. The van der Waals surface area contributed by atoms with Crippen LogP contribution in [0.5, 0.6) is 0 Å². The summed E-state index contributed by atoms with van der Waals surface area (Å²) in [5.41, 5.74) is 3.24. The van der Waals surface area contributed by atoms with Crippen molar-refractivity contribution in [3.05, 3.63) is 65.7 Å². The summed E-state index contributed by atoms with van der Waals surface area (Å²) in [6, 6.07) is 18.3. The van der Waals surface area contributed by atoms with Crippen molar-refractivity contribution < 1.29 is 4.79 Å².